The highest BCUT2D eigenvalue weighted by Crippen LogP contribution is 2.36. The number of carbonyl (C=O) groups excluding carboxylic acids is 1. The van der Waals surface area contributed by atoms with Gasteiger partial charge >= 0.3 is 0 Å². The molecule has 0 fully saturated rings. The first-order valence-electron chi connectivity index (χ1n) is 4.34. The van der Waals surface area contributed by atoms with Gasteiger partial charge in [-0.2, -0.15) is 0 Å². The molecule has 2 heteroatoms. The molecule has 2 nitrogen and oxygen atoms in total. The molecule has 1 rings (SSSR count). The number of terminal acetylenes is 1. The third-order valence-electron chi connectivity index (χ3n) is 2.25. The molecule has 1 N–H and O–H groups in total. The lowest BCUT2D eigenvalue weighted by atomic mass is 9.76. The molecular formula is C11H14O2. The molecule has 1 aliphatic carbocycles. The van der Waals surface area contributed by atoms with E-state index in [9.17, 15) is 9.90 Å². The monoisotopic (exact) mass is 178 g/mol. The molecule has 0 spiro atoms. The summed E-state index contributed by atoms with van der Waals surface area (Å²) in [5.74, 6) is 2.56. The van der Waals surface area contributed by atoms with E-state index >= 15 is 0 Å². The number of ketones is 1. The molecule has 0 aliphatic heterocycles. The van der Waals surface area contributed by atoms with Crippen molar-refractivity contribution in [1.82, 2.24) is 0 Å². The zero-order chi connectivity index (χ0) is 10.1. The summed E-state index contributed by atoms with van der Waals surface area (Å²) in [5.41, 5.74) is 0.307. The van der Waals surface area contributed by atoms with Gasteiger partial charge in [0.2, 0.25) is 0 Å². The highest BCUT2D eigenvalue weighted by atomic mass is 16.3. The fourth-order valence-corrected chi connectivity index (χ4v) is 1.63. The molecule has 0 saturated heterocycles. The van der Waals surface area contributed by atoms with Crippen molar-refractivity contribution < 1.29 is 9.90 Å². The number of hydrogen-bond donors (Lipinski definition) is 1. The number of carbonyl (C=O) groups is 1. The van der Waals surface area contributed by atoms with E-state index in [2.05, 4.69) is 5.92 Å². The third kappa shape index (κ3) is 2.12. The van der Waals surface area contributed by atoms with Crippen LogP contribution in [0.5, 0.6) is 0 Å². The van der Waals surface area contributed by atoms with Crippen molar-refractivity contribution in [1.29, 1.82) is 0 Å². The highest BCUT2D eigenvalue weighted by Gasteiger charge is 2.32. The summed E-state index contributed by atoms with van der Waals surface area (Å²) >= 11 is 0. The van der Waals surface area contributed by atoms with E-state index in [0.717, 1.165) is 0 Å². The zero-order valence-electron chi connectivity index (χ0n) is 8.05. The van der Waals surface area contributed by atoms with E-state index in [-0.39, 0.29) is 23.4 Å². The lowest BCUT2D eigenvalue weighted by molar-refractivity contribution is -0.118. The van der Waals surface area contributed by atoms with E-state index in [1.165, 1.54) is 0 Å². The van der Waals surface area contributed by atoms with Crippen LogP contribution in [0.3, 0.4) is 0 Å². The lowest BCUT2D eigenvalue weighted by Gasteiger charge is -2.28. The second-order valence-corrected chi connectivity index (χ2v) is 4.25. The maximum absolute atomic E-state index is 11.5. The van der Waals surface area contributed by atoms with Crippen LogP contribution in [0.25, 0.3) is 0 Å². The molecule has 70 valence electrons. The number of hydrogen-bond acceptors (Lipinski definition) is 2. The Labute approximate surface area is 78.6 Å². The Bertz CT molecular complexity index is 303. The molecule has 0 radical (unpaired) electrons. The summed E-state index contributed by atoms with van der Waals surface area (Å²) < 4.78 is 0. The predicted octanol–water partition coefficient (Wildman–Crippen LogP) is 2.21. The van der Waals surface area contributed by atoms with Crippen LogP contribution in [0.2, 0.25) is 0 Å². The molecule has 0 aromatic carbocycles. The van der Waals surface area contributed by atoms with E-state index in [1.807, 2.05) is 13.8 Å². The van der Waals surface area contributed by atoms with Crippen LogP contribution in [-0.2, 0) is 4.79 Å². The number of rotatable bonds is 1. The predicted molar refractivity (Wildman–Crippen MR) is 51.1 cm³/mol. The molecule has 0 aromatic rings. The average molecular weight is 178 g/mol. The fourth-order valence-electron chi connectivity index (χ4n) is 1.63. The molecule has 0 amide bonds. The van der Waals surface area contributed by atoms with Gasteiger partial charge in [0.25, 0.3) is 0 Å². The molecule has 0 saturated carbocycles. The van der Waals surface area contributed by atoms with Crippen LogP contribution >= 0.6 is 0 Å². The van der Waals surface area contributed by atoms with Gasteiger partial charge in [0.15, 0.2) is 5.78 Å². The van der Waals surface area contributed by atoms with Crippen LogP contribution in [0.1, 0.15) is 33.1 Å². The van der Waals surface area contributed by atoms with Gasteiger partial charge in [-0.1, -0.05) is 13.8 Å². The summed E-state index contributed by atoms with van der Waals surface area (Å²) in [6, 6.07) is 0. The molecule has 0 aromatic heterocycles. The van der Waals surface area contributed by atoms with Gasteiger partial charge in [0.05, 0.1) is 0 Å². The maximum atomic E-state index is 11.5. The molecule has 0 atom stereocenters. The Morgan fingerprint density at radius 3 is 2.62 bits per heavy atom. The summed E-state index contributed by atoms with van der Waals surface area (Å²) in [7, 11) is 0. The summed E-state index contributed by atoms with van der Waals surface area (Å²) in [5, 5.41) is 9.57. The van der Waals surface area contributed by atoms with E-state index in [0.29, 0.717) is 18.4 Å². The van der Waals surface area contributed by atoms with Crippen LogP contribution in [0.4, 0.5) is 0 Å². The lowest BCUT2D eigenvalue weighted by Crippen LogP contribution is -2.25. The Morgan fingerprint density at radius 2 is 2.15 bits per heavy atom. The van der Waals surface area contributed by atoms with E-state index in [4.69, 9.17) is 6.42 Å². The van der Waals surface area contributed by atoms with Gasteiger partial charge in [0.1, 0.15) is 5.76 Å². The average Bonchev–Trinajstić information content (AvgIpc) is 1.94. The first-order valence-corrected chi connectivity index (χ1v) is 4.34. The Morgan fingerprint density at radius 1 is 1.54 bits per heavy atom. The summed E-state index contributed by atoms with van der Waals surface area (Å²) in [6.45, 7) is 3.93. The molecule has 0 heterocycles. The minimum absolute atomic E-state index is 0.00769. The largest absolute Gasteiger partial charge is 0.512 e. The van der Waals surface area contributed by atoms with Gasteiger partial charge in [-0.25, -0.2) is 0 Å². The molecular weight excluding hydrogens is 164 g/mol. The number of Topliss-reactive ketones (excluding diaryl/α,β-unsaturated/α-hetero) is 1. The van der Waals surface area contributed by atoms with Crippen molar-refractivity contribution in [2.45, 2.75) is 33.1 Å². The van der Waals surface area contributed by atoms with Crippen molar-refractivity contribution >= 4 is 5.78 Å². The SMILES string of the molecule is C#CCC1=C(O)CC(C)(C)CC1=O. The Kier molecular flexibility index (Phi) is 2.47. The Balaban J connectivity index is 2.96. The number of aliphatic hydroxyl groups excluding tert-OH is 1. The first kappa shape index (κ1) is 9.85. The quantitative estimate of drug-likeness (QED) is 0.625. The van der Waals surface area contributed by atoms with Gasteiger partial charge < -0.3 is 5.11 Å². The van der Waals surface area contributed by atoms with Crippen LogP contribution in [-0.4, -0.2) is 10.9 Å². The van der Waals surface area contributed by atoms with Crippen molar-refractivity contribution in [3.63, 3.8) is 0 Å². The minimum Gasteiger partial charge on any atom is -0.512 e. The van der Waals surface area contributed by atoms with Crippen molar-refractivity contribution in [3.8, 4) is 12.3 Å². The highest BCUT2D eigenvalue weighted by molar-refractivity contribution is 5.97. The first-order chi connectivity index (χ1) is 5.96. The maximum Gasteiger partial charge on any atom is 0.163 e. The van der Waals surface area contributed by atoms with Gasteiger partial charge in [-0.05, 0) is 5.41 Å². The topological polar surface area (TPSA) is 37.3 Å². The van der Waals surface area contributed by atoms with Gasteiger partial charge in [-0.3, -0.25) is 4.79 Å². The number of aliphatic hydroxyl groups is 1. The molecule has 0 unspecified atom stereocenters. The minimum atomic E-state index is -0.126. The smallest absolute Gasteiger partial charge is 0.163 e. The fraction of sp³-hybridized carbons (Fsp3) is 0.545. The Hall–Kier alpha value is -1.23. The van der Waals surface area contributed by atoms with E-state index in [1.54, 1.807) is 0 Å². The normalized spacial score (nSPS) is 21.5. The second-order valence-electron chi connectivity index (χ2n) is 4.25. The molecule has 1 aliphatic rings. The summed E-state index contributed by atoms with van der Waals surface area (Å²) in [6.07, 6.45) is 6.39. The van der Waals surface area contributed by atoms with Crippen LogP contribution in [0, 0.1) is 17.8 Å². The standard InChI is InChI=1S/C11H14O2/c1-4-5-8-9(12)6-11(2,3)7-10(8)13/h1,12H,5-7H2,2-3H3. The molecule has 13 heavy (non-hydrogen) atoms. The third-order valence-corrected chi connectivity index (χ3v) is 2.25. The van der Waals surface area contributed by atoms with Crippen molar-refractivity contribution in [3.05, 3.63) is 11.3 Å². The summed E-state index contributed by atoms with van der Waals surface area (Å²) in [4.78, 5) is 11.5. The van der Waals surface area contributed by atoms with Crippen molar-refractivity contribution in [2.75, 3.05) is 0 Å². The zero-order valence-corrected chi connectivity index (χ0v) is 8.05. The molecule has 0 bridgehead atoms. The van der Waals surface area contributed by atoms with Crippen molar-refractivity contribution in [2.24, 2.45) is 5.41 Å². The van der Waals surface area contributed by atoms with Crippen LogP contribution in [0.15, 0.2) is 11.3 Å². The second kappa shape index (κ2) is 3.26. The van der Waals surface area contributed by atoms with Crippen LogP contribution < -0.4 is 0 Å². The van der Waals surface area contributed by atoms with Gasteiger partial charge in [0, 0.05) is 24.8 Å². The van der Waals surface area contributed by atoms with E-state index < -0.39 is 0 Å². The number of allylic oxidation sites excluding steroid dienone is 2. The van der Waals surface area contributed by atoms with Gasteiger partial charge in [-0.15, -0.1) is 12.3 Å².